The molecule has 0 unspecified atom stereocenters. The molecule has 1 amide bonds. The van der Waals surface area contributed by atoms with Crippen LogP contribution in [0.2, 0.25) is 0 Å². The number of hydrogen-bond donors (Lipinski definition) is 1. The summed E-state index contributed by atoms with van der Waals surface area (Å²) in [5, 5.41) is 3.86. The zero-order valence-corrected chi connectivity index (χ0v) is 17.5. The molecule has 3 rings (SSSR count). The number of hydrogen-bond acceptors (Lipinski definition) is 1. The van der Waals surface area contributed by atoms with Crippen molar-refractivity contribution < 1.29 is 18.0 Å². The van der Waals surface area contributed by atoms with Crippen molar-refractivity contribution in [3.05, 3.63) is 71.4 Å². The van der Waals surface area contributed by atoms with Crippen LogP contribution in [0.3, 0.4) is 0 Å². The predicted octanol–water partition coefficient (Wildman–Crippen LogP) is 5.88. The van der Waals surface area contributed by atoms with Crippen LogP contribution < -0.4 is 5.32 Å². The molecule has 3 nitrogen and oxygen atoms in total. The maximum Gasteiger partial charge on any atom is 0.416 e. The highest BCUT2D eigenvalue weighted by Crippen LogP contribution is 2.37. The molecule has 0 spiro atoms. The number of nitrogens with one attached hydrogen (secondary N) is 1. The van der Waals surface area contributed by atoms with Gasteiger partial charge in [0.1, 0.15) is 0 Å². The van der Waals surface area contributed by atoms with Crippen LogP contribution in [0, 0.1) is 5.92 Å². The maximum absolute atomic E-state index is 13.3. The summed E-state index contributed by atoms with van der Waals surface area (Å²) in [6, 6.07) is 13.0. The lowest BCUT2D eigenvalue weighted by atomic mass is 9.87. The number of benzene rings is 2. The lowest BCUT2D eigenvalue weighted by Gasteiger charge is -2.19. The van der Waals surface area contributed by atoms with E-state index in [0.717, 1.165) is 35.0 Å². The third kappa shape index (κ3) is 5.04. The zero-order chi connectivity index (χ0) is 21.9. The Hall–Kier alpha value is -2.76. The van der Waals surface area contributed by atoms with Crippen LogP contribution in [0.1, 0.15) is 49.3 Å². The topological polar surface area (TPSA) is 34.0 Å². The van der Waals surface area contributed by atoms with Gasteiger partial charge in [-0.2, -0.15) is 13.2 Å². The summed E-state index contributed by atoms with van der Waals surface area (Å²) in [5.74, 6) is -0.175. The SMILES string of the molecule is CC(C)CCNC(=O)C[C@@H](c1cccc(C(F)(F)F)c1)c1cn(C)c2ccccc12. The van der Waals surface area contributed by atoms with Crippen LogP contribution in [0.4, 0.5) is 13.2 Å². The van der Waals surface area contributed by atoms with Gasteiger partial charge in [-0.3, -0.25) is 4.79 Å². The highest BCUT2D eigenvalue weighted by atomic mass is 19.4. The second-order valence-corrected chi connectivity index (χ2v) is 8.12. The van der Waals surface area contributed by atoms with Crippen molar-refractivity contribution in [1.82, 2.24) is 9.88 Å². The average Bonchev–Trinajstić information content (AvgIpc) is 3.02. The number of carbonyl (C=O) groups excluding carboxylic acids is 1. The molecule has 30 heavy (non-hydrogen) atoms. The molecule has 0 saturated carbocycles. The second-order valence-electron chi connectivity index (χ2n) is 8.12. The molecule has 0 aliphatic carbocycles. The van der Waals surface area contributed by atoms with Crippen molar-refractivity contribution in [3.8, 4) is 0 Å². The molecule has 1 atom stereocenters. The number of aryl methyl sites for hydroxylation is 1. The fraction of sp³-hybridized carbons (Fsp3) is 0.375. The predicted molar refractivity (Wildman–Crippen MR) is 113 cm³/mol. The molecule has 1 N–H and O–H groups in total. The largest absolute Gasteiger partial charge is 0.416 e. The van der Waals surface area contributed by atoms with Crippen LogP contribution >= 0.6 is 0 Å². The molecule has 0 bridgehead atoms. The molecule has 0 aliphatic heterocycles. The first-order valence-corrected chi connectivity index (χ1v) is 10.1. The van der Waals surface area contributed by atoms with Gasteiger partial charge in [0.2, 0.25) is 5.91 Å². The van der Waals surface area contributed by atoms with Gasteiger partial charge in [0, 0.05) is 43.0 Å². The standard InChI is InChI=1S/C24H27F3N2O/c1-16(2)11-12-28-23(30)14-20(17-7-6-8-18(13-17)24(25,26)27)21-15-29(3)22-10-5-4-9-19(21)22/h4-10,13,15-16,20H,11-12,14H2,1-3H3,(H,28,30)/t20-/m0/s1. The Bertz CT molecular complexity index is 1020. The van der Waals surface area contributed by atoms with Gasteiger partial charge in [-0.25, -0.2) is 0 Å². The zero-order valence-electron chi connectivity index (χ0n) is 17.5. The Balaban J connectivity index is 2.00. The Labute approximate surface area is 174 Å². The average molecular weight is 416 g/mol. The molecule has 0 saturated heterocycles. The van der Waals surface area contributed by atoms with E-state index in [1.807, 2.05) is 42.1 Å². The van der Waals surface area contributed by atoms with E-state index in [9.17, 15) is 18.0 Å². The fourth-order valence-corrected chi connectivity index (χ4v) is 3.75. The Morgan fingerprint density at radius 3 is 2.53 bits per heavy atom. The van der Waals surface area contributed by atoms with Crippen molar-refractivity contribution in [2.75, 3.05) is 6.54 Å². The van der Waals surface area contributed by atoms with E-state index in [2.05, 4.69) is 19.2 Å². The quantitative estimate of drug-likeness (QED) is 0.513. The number of fused-ring (bicyclic) bond motifs is 1. The van der Waals surface area contributed by atoms with Crippen molar-refractivity contribution in [1.29, 1.82) is 0 Å². The third-order valence-electron chi connectivity index (χ3n) is 5.35. The highest BCUT2D eigenvalue weighted by Gasteiger charge is 2.32. The van der Waals surface area contributed by atoms with Crippen LogP contribution in [-0.2, 0) is 18.0 Å². The van der Waals surface area contributed by atoms with Crippen molar-refractivity contribution in [2.45, 2.75) is 38.8 Å². The van der Waals surface area contributed by atoms with Gasteiger partial charge in [0.05, 0.1) is 5.56 Å². The van der Waals surface area contributed by atoms with Crippen LogP contribution in [0.5, 0.6) is 0 Å². The Morgan fingerprint density at radius 2 is 1.83 bits per heavy atom. The lowest BCUT2D eigenvalue weighted by Crippen LogP contribution is -2.27. The summed E-state index contributed by atoms with van der Waals surface area (Å²) in [7, 11) is 1.90. The summed E-state index contributed by atoms with van der Waals surface area (Å²) < 4.78 is 41.9. The molecule has 3 aromatic rings. The van der Waals surface area contributed by atoms with E-state index in [0.29, 0.717) is 18.0 Å². The third-order valence-corrected chi connectivity index (χ3v) is 5.35. The molecule has 0 fully saturated rings. The first-order valence-electron chi connectivity index (χ1n) is 10.1. The van der Waals surface area contributed by atoms with Gasteiger partial charge in [-0.05, 0) is 35.6 Å². The maximum atomic E-state index is 13.3. The minimum absolute atomic E-state index is 0.0907. The molecule has 6 heteroatoms. The number of nitrogens with zero attached hydrogens (tertiary/aromatic N) is 1. The van der Waals surface area contributed by atoms with E-state index in [1.54, 1.807) is 6.07 Å². The molecule has 2 aromatic carbocycles. The first kappa shape index (κ1) is 21.9. The van der Waals surface area contributed by atoms with Gasteiger partial charge in [-0.1, -0.05) is 50.2 Å². The summed E-state index contributed by atoms with van der Waals surface area (Å²) in [6.07, 6.45) is -1.57. The molecular formula is C24H27F3N2O. The van der Waals surface area contributed by atoms with E-state index < -0.39 is 17.7 Å². The van der Waals surface area contributed by atoms with Crippen molar-refractivity contribution in [3.63, 3.8) is 0 Å². The molecular weight excluding hydrogens is 389 g/mol. The molecule has 0 radical (unpaired) electrons. The summed E-state index contributed by atoms with van der Waals surface area (Å²) >= 11 is 0. The molecule has 160 valence electrons. The highest BCUT2D eigenvalue weighted by molar-refractivity contribution is 5.86. The summed E-state index contributed by atoms with van der Waals surface area (Å²) in [6.45, 7) is 4.71. The minimum Gasteiger partial charge on any atom is -0.356 e. The van der Waals surface area contributed by atoms with Gasteiger partial charge in [-0.15, -0.1) is 0 Å². The van der Waals surface area contributed by atoms with Crippen LogP contribution in [0.25, 0.3) is 10.9 Å². The number of carbonyl (C=O) groups is 1. The van der Waals surface area contributed by atoms with Crippen LogP contribution in [0.15, 0.2) is 54.7 Å². The Morgan fingerprint density at radius 1 is 1.10 bits per heavy atom. The first-order chi connectivity index (χ1) is 14.2. The fourth-order valence-electron chi connectivity index (χ4n) is 3.75. The van der Waals surface area contributed by atoms with Crippen molar-refractivity contribution >= 4 is 16.8 Å². The summed E-state index contributed by atoms with van der Waals surface area (Å²) in [5.41, 5.74) is 1.61. The monoisotopic (exact) mass is 416 g/mol. The normalized spacial score (nSPS) is 13.0. The van der Waals surface area contributed by atoms with E-state index in [4.69, 9.17) is 0 Å². The van der Waals surface area contributed by atoms with Gasteiger partial charge in [0.25, 0.3) is 0 Å². The number of alkyl halides is 3. The lowest BCUT2D eigenvalue weighted by molar-refractivity contribution is -0.137. The van der Waals surface area contributed by atoms with E-state index in [1.165, 1.54) is 6.07 Å². The minimum atomic E-state index is -4.43. The number of rotatable bonds is 7. The van der Waals surface area contributed by atoms with Crippen LogP contribution in [-0.4, -0.2) is 17.0 Å². The summed E-state index contributed by atoms with van der Waals surface area (Å²) in [4.78, 5) is 12.7. The molecule has 1 aromatic heterocycles. The number of para-hydroxylation sites is 1. The number of halogens is 3. The smallest absolute Gasteiger partial charge is 0.356 e. The van der Waals surface area contributed by atoms with Gasteiger partial charge < -0.3 is 9.88 Å². The van der Waals surface area contributed by atoms with E-state index in [-0.39, 0.29) is 12.3 Å². The van der Waals surface area contributed by atoms with Gasteiger partial charge >= 0.3 is 6.18 Å². The molecule has 0 aliphatic rings. The number of amides is 1. The number of aromatic nitrogens is 1. The second kappa shape index (κ2) is 8.94. The van der Waals surface area contributed by atoms with Gasteiger partial charge in [0.15, 0.2) is 0 Å². The van der Waals surface area contributed by atoms with E-state index >= 15 is 0 Å². The van der Waals surface area contributed by atoms with Crippen molar-refractivity contribution in [2.24, 2.45) is 13.0 Å². The molecule has 1 heterocycles. The Kier molecular flexibility index (Phi) is 6.54.